The molecule has 0 amide bonds. The van der Waals surface area contributed by atoms with Crippen LogP contribution in [-0.2, 0) is 0 Å². The van der Waals surface area contributed by atoms with Crippen molar-refractivity contribution in [2.75, 3.05) is 32.7 Å². The Morgan fingerprint density at radius 2 is 1.77 bits per heavy atom. The Morgan fingerprint density at radius 1 is 1.04 bits per heavy atom. The molecular weight excluding hydrogens is 330 g/mol. The van der Waals surface area contributed by atoms with Gasteiger partial charge in [-0.05, 0) is 29.7 Å². The molecule has 2 rings (SSSR count). The first-order valence-corrected chi connectivity index (χ1v) is 8.55. The molecule has 0 atom stereocenters. The van der Waals surface area contributed by atoms with Crippen molar-refractivity contribution in [1.82, 2.24) is 0 Å². The number of ether oxygens (including phenoxy) is 3. The number of guanidine groups is 1. The molecule has 6 nitrogen and oxygen atoms in total. The van der Waals surface area contributed by atoms with Crippen LogP contribution in [-0.4, -0.2) is 33.3 Å². The quantitative estimate of drug-likeness (QED) is 0.428. The maximum atomic E-state index is 5.94. The molecule has 0 bridgehead atoms. The summed E-state index contributed by atoms with van der Waals surface area (Å²) in [5.41, 5.74) is 7.90. The van der Waals surface area contributed by atoms with Gasteiger partial charge >= 0.3 is 0 Å². The molecule has 2 aromatic rings. The van der Waals surface area contributed by atoms with E-state index in [0.29, 0.717) is 36.5 Å². The molecule has 0 saturated carbocycles. The summed E-state index contributed by atoms with van der Waals surface area (Å²) < 4.78 is 16.3. The maximum absolute atomic E-state index is 5.94. The van der Waals surface area contributed by atoms with Gasteiger partial charge in [-0.15, -0.1) is 0 Å². The highest BCUT2D eigenvalue weighted by Gasteiger charge is 2.07. The van der Waals surface area contributed by atoms with Gasteiger partial charge in [0.1, 0.15) is 12.4 Å². The summed E-state index contributed by atoms with van der Waals surface area (Å²) in [6.07, 6.45) is 0. The van der Waals surface area contributed by atoms with Gasteiger partial charge in [0.2, 0.25) is 0 Å². The molecule has 0 saturated heterocycles. The van der Waals surface area contributed by atoms with Crippen molar-refractivity contribution < 1.29 is 14.2 Å². The number of aliphatic imine (C=N–C) groups is 1. The van der Waals surface area contributed by atoms with Crippen molar-refractivity contribution in [1.29, 1.82) is 0 Å². The number of hydrogen-bond donors (Lipinski definition) is 2. The summed E-state index contributed by atoms with van der Waals surface area (Å²) in [4.78, 5) is 4.29. The Kier molecular flexibility index (Phi) is 7.14. The maximum Gasteiger partial charge on any atom is 0.193 e. The summed E-state index contributed by atoms with van der Waals surface area (Å²) in [5, 5.41) is 3.03. The van der Waals surface area contributed by atoms with E-state index in [-0.39, 0.29) is 0 Å². The fraction of sp³-hybridized carbons (Fsp3) is 0.350. The van der Waals surface area contributed by atoms with E-state index in [4.69, 9.17) is 19.9 Å². The molecule has 26 heavy (non-hydrogen) atoms. The Hall–Kier alpha value is -2.89. The van der Waals surface area contributed by atoms with Gasteiger partial charge in [-0.1, -0.05) is 32.0 Å². The number of para-hydroxylation sites is 1. The Labute approximate surface area is 155 Å². The van der Waals surface area contributed by atoms with Crippen molar-refractivity contribution in [3.63, 3.8) is 0 Å². The Bertz CT molecular complexity index is 745. The van der Waals surface area contributed by atoms with Gasteiger partial charge in [0.05, 0.1) is 20.8 Å². The molecule has 0 aliphatic carbocycles. The molecular formula is C20H27N3O3. The molecule has 140 valence electrons. The van der Waals surface area contributed by atoms with Crippen molar-refractivity contribution in [2.24, 2.45) is 10.7 Å². The van der Waals surface area contributed by atoms with Crippen LogP contribution < -0.4 is 25.3 Å². The number of hydrogen-bond acceptors (Lipinski definition) is 4. The van der Waals surface area contributed by atoms with Crippen LogP contribution in [0.5, 0.6) is 17.2 Å². The summed E-state index contributed by atoms with van der Waals surface area (Å²) in [5.74, 6) is 2.90. The SMILES string of the molecule is COc1ccc(NC(N)=NCCOc2ccccc2C(C)C)cc1OC. The highest BCUT2D eigenvalue weighted by molar-refractivity contribution is 5.92. The lowest BCUT2D eigenvalue weighted by atomic mass is 10.0. The summed E-state index contributed by atoms with van der Waals surface area (Å²) in [6, 6.07) is 13.5. The average Bonchev–Trinajstić information content (AvgIpc) is 2.65. The summed E-state index contributed by atoms with van der Waals surface area (Å²) in [7, 11) is 3.18. The minimum atomic E-state index is 0.318. The van der Waals surface area contributed by atoms with E-state index in [9.17, 15) is 0 Å². The number of methoxy groups -OCH3 is 2. The minimum Gasteiger partial charge on any atom is -0.493 e. The standard InChI is InChI=1S/C20H27N3O3/c1-14(2)16-7-5-6-8-17(16)26-12-11-22-20(21)23-15-9-10-18(24-3)19(13-15)25-4/h5-10,13-14H,11-12H2,1-4H3,(H3,21,22,23). The molecule has 0 spiro atoms. The number of nitrogens with two attached hydrogens (primary N) is 1. The highest BCUT2D eigenvalue weighted by atomic mass is 16.5. The third-order valence-electron chi connectivity index (χ3n) is 3.83. The van der Waals surface area contributed by atoms with Crippen LogP contribution in [0, 0.1) is 0 Å². The van der Waals surface area contributed by atoms with Crippen LogP contribution in [0.3, 0.4) is 0 Å². The molecule has 3 N–H and O–H groups in total. The van der Waals surface area contributed by atoms with Crippen molar-refractivity contribution in [3.8, 4) is 17.2 Å². The lowest BCUT2D eigenvalue weighted by Gasteiger charge is -2.13. The van der Waals surface area contributed by atoms with Crippen LogP contribution in [0.2, 0.25) is 0 Å². The Balaban J connectivity index is 1.89. The second-order valence-electron chi connectivity index (χ2n) is 6.00. The van der Waals surface area contributed by atoms with Crippen LogP contribution in [0.4, 0.5) is 5.69 Å². The van der Waals surface area contributed by atoms with Gasteiger partial charge in [-0.25, -0.2) is 4.99 Å². The van der Waals surface area contributed by atoms with Crippen LogP contribution >= 0.6 is 0 Å². The Morgan fingerprint density at radius 3 is 2.46 bits per heavy atom. The van der Waals surface area contributed by atoms with E-state index < -0.39 is 0 Å². The van der Waals surface area contributed by atoms with Gasteiger partial charge < -0.3 is 25.3 Å². The monoisotopic (exact) mass is 357 g/mol. The average molecular weight is 357 g/mol. The fourth-order valence-corrected chi connectivity index (χ4v) is 2.51. The third-order valence-corrected chi connectivity index (χ3v) is 3.83. The molecule has 0 aromatic heterocycles. The van der Waals surface area contributed by atoms with Crippen LogP contribution in [0.1, 0.15) is 25.3 Å². The first kappa shape index (κ1) is 19.4. The first-order valence-electron chi connectivity index (χ1n) is 8.55. The molecule has 0 radical (unpaired) electrons. The topological polar surface area (TPSA) is 78.1 Å². The summed E-state index contributed by atoms with van der Waals surface area (Å²) >= 11 is 0. The number of anilines is 1. The van der Waals surface area contributed by atoms with Gasteiger partial charge in [0.25, 0.3) is 0 Å². The van der Waals surface area contributed by atoms with E-state index in [1.165, 1.54) is 5.56 Å². The summed E-state index contributed by atoms with van der Waals surface area (Å²) in [6.45, 7) is 5.20. The molecule has 2 aromatic carbocycles. The van der Waals surface area contributed by atoms with Gasteiger partial charge in [0, 0.05) is 11.8 Å². The number of nitrogens with zero attached hydrogens (tertiary/aromatic N) is 1. The van der Waals surface area contributed by atoms with Crippen molar-refractivity contribution in [3.05, 3.63) is 48.0 Å². The fourth-order valence-electron chi connectivity index (χ4n) is 2.51. The first-order chi connectivity index (χ1) is 12.5. The number of rotatable bonds is 8. The van der Waals surface area contributed by atoms with Gasteiger partial charge in [0.15, 0.2) is 17.5 Å². The number of nitrogens with one attached hydrogen (secondary N) is 1. The molecule has 0 heterocycles. The predicted octanol–water partition coefficient (Wildman–Crippen LogP) is 3.63. The molecule has 6 heteroatoms. The predicted molar refractivity (Wildman–Crippen MR) is 106 cm³/mol. The molecule has 0 aliphatic heterocycles. The van der Waals surface area contributed by atoms with E-state index in [2.05, 4.69) is 30.2 Å². The van der Waals surface area contributed by atoms with Crippen molar-refractivity contribution >= 4 is 11.6 Å². The second-order valence-corrected chi connectivity index (χ2v) is 6.00. The zero-order valence-electron chi connectivity index (χ0n) is 15.8. The molecule has 0 unspecified atom stereocenters. The minimum absolute atomic E-state index is 0.318. The zero-order chi connectivity index (χ0) is 18.9. The smallest absolute Gasteiger partial charge is 0.193 e. The number of benzene rings is 2. The van der Waals surface area contributed by atoms with Gasteiger partial charge in [-0.2, -0.15) is 0 Å². The normalized spacial score (nSPS) is 11.3. The lowest BCUT2D eigenvalue weighted by molar-refractivity contribution is 0.324. The largest absolute Gasteiger partial charge is 0.493 e. The lowest BCUT2D eigenvalue weighted by Crippen LogP contribution is -2.23. The van der Waals surface area contributed by atoms with Crippen LogP contribution in [0.15, 0.2) is 47.5 Å². The van der Waals surface area contributed by atoms with Crippen LogP contribution in [0.25, 0.3) is 0 Å². The zero-order valence-corrected chi connectivity index (χ0v) is 15.8. The highest BCUT2D eigenvalue weighted by Crippen LogP contribution is 2.29. The second kappa shape index (κ2) is 9.56. The molecule has 0 aliphatic rings. The van der Waals surface area contributed by atoms with Gasteiger partial charge in [-0.3, -0.25) is 0 Å². The molecule has 0 fully saturated rings. The van der Waals surface area contributed by atoms with E-state index in [1.807, 2.05) is 24.3 Å². The van der Waals surface area contributed by atoms with E-state index in [1.54, 1.807) is 26.4 Å². The van der Waals surface area contributed by atoms with E-state index in [0.717, 1.165) is 11.4 Å². The van der Waals surface area contributed by atoms with E-state index >= 15 is 0 Å². The third kappa shape index (κ3) is 5.31. The van der Waals surface area contributed by atoms with Crippen molar-refractivity contribution in [2.45, 2.75) is 19.8 Å².